The molecule has 0 amide bonds. The highest BCUT2D eigenvalue weighted by Crippen LogP contribution is 2.26. The largest absolute Gasteiger partial charge is 0.369 e. The van der Waals surface area contributed by atoms with E-state index in [9.17, 15) is 0 Å². The maximum atomic E-state index is 5.47. The van der Waals surface area contributed by atoms with Gasteiger partial charge in [0.1, 0.15) is 12.1 Å². The predicted molar refractivity (Wildman–Crippen MR) is 100 cm³/mol. The van der Waals surface area contributed by atoms with E-state index >= 15 is 0 Å². The first-order valence-electron chi connectivity index (χ1n) is 8.89. The number of hydrogen-bond acceptors (Lipinski definition) is 8. The van der Waals surface area contributed by atoms with Crippen LogP contribution in [0.1, 0.15) is 6.42 Å². The van der Waals surface area contributed by atoms with Crippen LogP contribution in [0.2, 0.25) is 0 Å². The summed E-state index contributed by atoms with van der Waals surface area (Å²) in [5.74, 6) is 1.89. The maximum Gasteiger partial charge on any atom is 0.324 e. The third kappa shape index (κ3) is 3.07. The molecule has 0 unspecified atom stereocenters. The van der Waals surface area contributed by atoms with Gasteiger partial charge in [-0.05, 0) is 12.3 Å². The van der Waals surface area contributed by atoms with Crippen LogP contribution in [-0.2, 0) is 0 Å². The molecule has 27 heavy (non-hydrogen) atoms. The molecule has 1 aromatic carbocycles. The zero-order chi connectivity index (χ0) is 18.1. The second kappa shape index (κ2) is 6.67. The molecule has 136 valence electrons. The van der Waals surface area contributed by atoms with Crippen molar-refractivity contribution in [1.29, 1.82) is 0 Å². The first kappa shape index (κ1) is 15.7. The molecule has 0 spiro atoms. The summed E-state index contributed by atoms with van der Waals surface area (Å²) in [6.45, 7) is 2.57. The Morgan fingerprint density at radius 2 is 2.15 bits per heavy atom. The van der Waals surface area contributed by atoms with E-state index in [1.165, 1.54) is 6.33 Å². The Hall–Kier alpha value is -3.49. The van der Waals surface area contributed by atoms with E-state index in [1.807, 2.05) is 30.3 Å². The number of benzene rings is 1. The van der Waals surface area contributed by atoms with E-state index in [2.05, 4.69) is 40.5 Å². The van der Waals surface area contributed by atoms with Gasteiger partial charge in [0.15, 0.2) is 5.65 Å². The number of H-pyrrole nitrogens is 1. The monoisotopic (exact) mass is 362 g/mol. The molecule has 5 rings (SSSR count). The van der Waals surface area contributed by atoms with Gasteiger partial charge < -0.3 is 14.7 Å². The Labute approximate surface area is 154 Å². The molecule has 9 heteroatoms. The minimum atomic E-state index is 0.467. The van der Waals surface area contributed by atoms with Gasteiger partial charge in [-0.1, -0.05) is 35.5 Å². The van der Waals surface area contributed by atoms with Gasteiger partial charge in [0, 0.05) is 25.2 Å². The quantitative estimate of drug-likeness (QED) is 0.557. The molecule has 0 radical (unpaired) electrons. The van der Waals surface area contributed by atoms with Crippen LogP contribution >= 0.6 is 0 Å². The van der Waals surface area contributed by atoms with E-state index in [-0.39, 0.29) is 0 Å². The van der Waals surface area contributed by atoms with Gasteiger partial charge in [-0.3, -0.25) is 5.10 Å². The molecule has 0 saturated carbocycles. The normalized spacial score (nSPS) is 16.9. The standard InChI is InChI=1S/C18H18N8O/c1-2-4-13(5-3-1)15-23-18(27-25-15)26-7-6-12(10-26)8-19-16-14-9-22-24-17(14)21-11-20-16/h1-5,9,11-12H,6-8,10H2,(H2,19,20,21,22,24)/t12-/m1/s1. The second-order valence-electron chi connectivity index (χ2n) is 6.60. The minimum absolute atomic E-state index is 0.467. The van der Waals surface area contributed by atoms with E-state index in [0.717, 1.165) is 48.5 Å². The van der Waals surface area contributed by atoms with Crippen LogP contribution in [0.5, 0.6) is 0 Å². The molecule has 1 aliphatic rings. The van der Waals surface area contributed by atoms with E-state index in [4.69, 9.17) is 4.52 Å². The van der Waals surface area contributed by atoms with Gasteiger partial charge >= 0.3 is 6.01 Å². The van der Waals surface area contributed by atoms with Gasteiger partial charge in [0.2, 0.25) is 5.82 Å². The van der Waals surface area contributed by atoms with Crippen molar-refractivity contribution in [3.05, 3.63) is 42.9 Å². The lowest BCUT2D eigenvalue weighted by Crippen LogP contribution is -2.23. The molecular weight excluding hydrogens is 344 g/mol. The molecule has 0 aliphatic carbocycles. The maximum absolute atomic E-state index is 5.47. The molecule has 9 nitrogen and oxygen atoms in total. The number of nitrogens with one attached hydrogen (secondary N) is 2. The number of fused-ring (bicyclic) bond motifs is 1. The Kier molecular flexibility index (Phi) is 3.89. The SMILES string of the molecule is c1ccc(-c2noc(N3CC[C@H](CNc4ncnc5[nH]ncc45)C3)n2)cc1. The summed E-state index contributed by atoms with van der Waals surface area (Å²) in [5.41, 5.74) is 1.69. The zero-order valence-electron chi connectivity index (χ0n) is 14.5. The van der Waals surface area contributed by atoms with Crippen molar-refractivity contribution in [2.75, 3.05) is 29.9 Å². The Morgan fingerprint density at radius 1 is 1.22 bits per heavy atom. The number of rotatable bonds is 5. The predicted octanol–water partition coefficient (Wildman–Crippen LogP) is 2.34. The lowest BCUT2D eigenvalue weighted by molar-refractivity contribution is 0.418. The summed E-state index contributed by atoms with van der Waals surface area (Å²) < 4.78 is 5.47. The van der Waals surface area contributed by atoms with Gasteiger partial charge in [-0.2, -0.15) is 10.1 Å². The average molecular weight is 362 g/mol. The number of aromatic amines is 1. The van der Waals surface area contributed by atoms with Crippen molar-refractivity contribution >= 4 is 22.9 Å². The molecule has 3 aromatic heterocycles. The van der Waals surface area contributed by atoms with E-state index in [0.29, 0.717) is 17.8 Å². The van der Waals surface area contributed by atoms with Crippen molar-refractivity contribution in [2.45, 2.75) is 6.42 Å². The molecule has 4 aromatic rings. The van der Waals surface area contributed by atoms with Crippen molar-refractivity contribution in [2.24, 2.45) is 5.92 Å². The smallest absolute Gasteiger partial charge is 0.324 e. The molecule has 1 fully saturated rings. The van der Waals surface area contributed by atoms with E-state index < -0.39 is 0 Å². The van der Waals surface area contributed by atoms with Crippen molar-refractivity contribution in [1.82, 2.24) is 30.3 Å². The van der Waals surface area contributed by atoms with Crippen molar-refractivity contribution in [3.63, 3.8) is 0 Å². The lowest BCUT2D eigenvalue weighted by atomic mass is 10.1. The fourth-order valence-electron chi connectivity index (χ4n) is 3.37. The van der Waals surface area contributed by atoms with Crippen LogP contribution < -0.4 is 10.2 Å². The second-order valence-corrected chi connectivity index (χ2v) is 6.60. The van der Waals surface area contributed by atoms with Crippen LogP contribution in [0, 0.1) is 5.92 Å². The Bertz CT molecular complexity index is 1040. The number of nitrogens with zero attached hydrogens (tertiary/aromatic N) is 6. The number of aromatic nitrogens is 6. The van der Waals surface area contributed by atoms with Gasteiger partial charge in [0.25, 0.3) is 0 Å². The highest BCUT2D eigenvalue weighted by atomic mass is 16.5. The molecule has 1 aliphatic heterocycles. The topological polar surface area (TPSA) is 109 Å². The lowest BCUT2D eigenvalue weighted by Gasteiger charge is -2.14. The van der Waals surface area contributed by atoms with Gasteiger partial charge in [-0.25, -0.2) is 9.97 Å². The van der Waals surface area contributed by atoms with Crippen LogP contribution in [0.4, 0.5) is 11.8 Å². The van der Waals surface area contributed by atoms with Crippen LogP contribution in [0.25, 0.3) is 22.4 Å². The summed E-state index contributed by atoms with van der Waals surface area (Å²) in [6.07, 6.45) is 4.32. The molecule has 1 saturated heterocycles. The number of anilines is 2. The third-order valence-corrected chi connectivity index (χ3v) is 4.81. The first-order valence-corrected chi connectivity index (χ1v) is 8.89. The summed E-state index contributed by atoms with van der Waals surface area (Å²) in [6, 6.07) is 10.4. The van der Waals surface area contributed by atoms with Gasteiger partial charge in [-0.15, -0.1) is 0 Å². The van der Waals surface area contributed by atoms with Crippen molar-refractivity contribution < 1.29 is 4.52 Å². The highest BCUT2D eigenvalue weighted by molar-refractivity contribution is 5.85. The summed E-state index contributed by atoms with van der Waals surface area (Å²) in [4.78, 5) is 15.2. The minimum Gasteiger partial charge on any atom is -0.369 e. The van der Waals surface area contributed by atoms with Crippen molar-refractivity contribution in [3.8, 4) is 11.4 Å². The summed E-state index contributed by atoms with van der Waals surface area (Å²) >= 11 is 0. The molecule has 4 heterocycles. The first-order chi connectivity index (χ1) is 13.4. The fourth-order valence-corrected chi connectivity index (χ4v) is 3.37. The molecule has 1 atom stereocenters. The number of hydrogen-bond donors (Lipinski definition) is 2. The Balaban J connectivity index is 1.23. The molecule has 0 bridgehead atoms. The van der Waals surface area contributed by atoms with E-state index in [1.54, 1.807) is 6.20 Å². The van der Waals surface area contributed by atoms with Crippen LogP contribution in [-0.4, -0.2) is 49.9 Å². The zero-order valence-corrected chi connectivity index (χ0v) is 14.5. The van der Waals surface area contributed by atoms with Crippen LogP contribution in [0.15, 0.2) is 47.4 Å². The molecular formula is C18H18N8O. The van der Waals surface area contributed by atoms with Crippen LogP contribution in [0.3, 0.4) is 0 Å². The summed E-state index contributed by atoms with van der Waals surface area (Å²) in [5, 5.41) is 15.3. The average Bonchev–Trinajstić information content (AvgIpc) is 3.47. The summed E-state index contributed by atoms with van der Waals surface area (Å²) in [7, 11) is 0. The molecule has 2 N–H and O–H groups in total. The van der Waals surface area contributed by atoms with Gasteiger partial charge in [0.05, 0.1) is 11.6 Å². The fraction of sp³-hybridized carbons (Fsp3) is 0.278. The highest BCUT2D eigenvalue weighted by Gasteiger charge is 2.26. The third-order valence-electron chi connectivity index (χ3n) is 4.81. The Morgan fingerprint density at radius 3 is 3.07 bits per heavy atom.